The van der Waals surface area contributed by atoms with E-state index in [0.717, 1.165) is 5.56 Å². The average molecular weight is 176 g/mol. The number of halogens is 1. The molecule has 0 saturated carbocycles. The number of benzene rings is 1. The van der Waals surface area contributed by atoms with Crippen molar-refractivity contribution in [3.05, 3.63) is 41.2 Å². The van der Waals surface area contributed by atoms with Crippen LogP contribution in [0.25, 0.3) is 5.70 Å². The fourth-order valence-electron chi connectivity index (χ4n) is 1.06. The molecular formula is C10H9FN2. The van der Waals surface area contributed by atoms with Gasteiger partial charge < -0.3 is 5.73 Å². The van der Waals surface area contributed by atoms with Crippen LogP contribution < -0.4 is 5.73 Å². The predicted molar refractivity (Wildman–Crippen MR) is 48.9 cm³/mol. The lowest BCUT2D eigenvalue weighted by Gasteiger charge is -2.01. The highest BCUT2D eigenvalue weighted by molar-refractivity contribution is 5.65. The Kier molecular flexibility index (Phi) is 2.65. The van der Waals surface area contributed by atoms with E-state index in [-0.39, 0.29) is 11.5 Å². The van der Waals surface area contributed by atoms with Crippen molar-refractivity contribution in [3.63, 3.8) is 0 Å². The maximum absolute atomic E-state index is 12.9. The van der Waals surface area contributed by atoms with Gasteiger partial charge in [0.25, 0.3) is 0 Å². The van der Waals surface area contributed by atoms with Crippen molar-refractivity contribution in [1.82, 2.24) is 0 Å². The molecule has 1 aromatic rings. The van der Waals surface area contributed by atoms with E-state index in [0.29, 0.717) is 5.56 Å². The Labute approximate surface area is 76.1 Å². The van der Waals surface area contributed by atoms with Crippen LogP contribution in [0.4, 0.5) is 4.39 Å². The molecule has 0 bridgehead atoms. The van der Waals surface area contributed by atoms with Gasteiger partial charge in [0.2, 0.25) is 0 Å². The van der Waals surface area contributed by atoms with Crippen molar-refractivity contribution in [1.29, 1.82) is 5.26 Å². The molecule has 0 unspecified atom stereocenters. The molecule has 0 spiro atoms. The highest BCUT2D eigenvalue weighted by Crippen LogP contribution is 2.13. The Morgan fingerprint density at radius 3 is 2.77 bits per heavy atom. The molecule has 0 fully saturated rings. The Balaban J connectivity index is 3.17. The number of allylic oxidation sites excluding steroid dienone is 1. The lowest BCUT2D eigenvalue weighted by molar-refractivity contribution is 0.626. The maximum Gasteiger partial charge on any atom is 0.124 e. The molecule has 0 amide bonds. The SMILES string of the molecule is Cc1cc(F)cc(/C(N)=C/C#N)c1. The van der Waals surface area contributed by atoms with Crippen molar-refractivity contribution in [2.45, 2.75) is 6.92 Å². The average Bonchev–Trinajstić information content (AvgIpc) is 2.03. The van der Waals surface area contributed by atoms with E-state index in [1.165, 1.54) is 18.2 Å². The number of rotatable bonds is 1. The minimum atomic E-state index is -0.343. The quantitative estimate of drug-likeness (QED) is 0.665. The third-order valence-corrected chi connectivity index (χ3v) is 1.60. The van der Waals surface area contributed by atoms with Gasteiger partial charge in [-0.3, -0.25) is 0 Å². The molecule has 2 N–H and O–H groups in total. The molecule has 0 atom stereocenters. The summed E-state index contributed by atoms with van der Waals surface area (Å²) in [5.74, 6) is -0.343. The molecule has 0 aromatic heterocycles. The molecule has 3 heteroatoms. The standard InChI is InChI=1S/C10H9FN2/c1-7-4-8(6-9(11)5-7)10(13)2-3-12/h2,4-6H,13H2,1H3/b10-2-. The summed E-state index contributed by atoms with van der Waals surface area (Å²) < 4.78 is 12.9. The smallest absolute Gasteiger partial charge is 0.124 e. The van der Waals surface area contributed by atoms with Crippen LogP contribution in [0.15, 0.2) is 24.3 Å². The van der Waals surface area contributed by atoms with Gasteiger partial charge in [-0.1, -0.05) is 0 Å². The highest BCUT2D eigenvalue weighted by atomic mass is 19.1. The van der Waals surface area contributed by atoms with Gasteiger partial charge in [0.1, 0.15) is 5.82 Å². The zero-order chi connectivity index (χ0) is 9.84. The van der Waals surface area contributed by atoms with Crippen LogP contribution in [-0.2, 0) is 0 Å². The third kappa shape index (κ3) is 2.31. The van der Waals surface area contributed by atoms with E-state index >= 15 is 0 Å². The Bertz CT molecular complexity index is 368. The zero-order valence-electron chi connectivity index (χ0n) is 7.21. The van der Waals surface area contributed by atoms with E-state index in [1.807, 2.05) is 0 Å². The van der Waals surface area contributed by atoms with Crippen LogP contribution in [0.1, 0.15) is 11.1 Å². The molecule has 13 heavy (non-hydrogen) atoms. The normalized spacial score (nSPS) is 11.0. The minimum Gasteiger partial charge on any atom is -0.398 e. The van der Waals surface area contributed by atoms with E-state index in [1.54, 1.807) is 19.1 Å². The second kappa shape index (κ2) is 3.72. The van der Waals surface area contributed by atoms with Gasteiger partial charge in [0.05, 0.1) is 6.07 Å². The Morgan fingerprint density at radius 1 is 1.54 bits per heavy atom. The van der Waals surface area contributed by atoms with E-state index in [9.17, 15) is 4.39 Å². The molecule has 0 saturated heterocycles. The second-order valence-electron chi connectivity index (χ2n) is 2.75. The van der Waals surface area contributed by atoms with Crippen LogP contribution >= 0.6 is 0 Å². The number of nitriles is 1. The number of nitrogens with two attached hydrogens (primary N) is 1. The lowest BCUT2D eigenvalue weighted by atomic mass is 10.1. The van der Waals surface area contributed by atoms with Crippen LogP contribution in [-0.4, -0.2) is 0 Å². The summed E-state index contributed by atoms with van der Waals surface area (Å²) in [5.41, 5.74) is 7.12. The maximum atomic E-state index is 12.9. The van der Waals surface area contributed by atoms with Gasteiger partial charge in [-0.15, -0.1) is 0 Å². The van der Waals surface area contributed by atoms with E-state index in [2.05, 4.69) is 0 Å². The first-order chi connectivity index (χ1) is 6.13. The van der Waals surface area contributed by atoms with Gasteiger partial charge in [0.15, 0.2) is 0 Å². The topological polar surface area (TPSA) is 49.8 Å². The van der Waals surface area contributed by atoms with Gasteiger partial charge in [-0.2, -0.15) is 5.26 Å². The van der Waals surface area contributed by atoms with Crippen molar-refractivity contribution in [3.8, 4) is 6.07 Å². The summed E-state index contributed by atoms with van der Waals surface area (Å²) >= 11 is 0. The van der Waals surface area contributed by atoms with Crippen molar-refractivity contribution < 1.29 is 4.39 Å². The summed E-state index contributed by atoms with van der Waals surface area (Å²) in [6.07, 6.45) is 1.19. The molecule has 0 aliphatic carbocycles. The molecule has 1 aromatic carbocycles. The van der Waals surface area contributed by atoms with Crippen LogP contribution in [0.2, 0.25) is 0 Å². The zero-order valence-corrected chi connectivity index (χ0v) is 7.21. The summed E-state index contributed by atoms with van der Waals surface area (Å²) in [7, 11) is 0. The van der Waals surface area contributed by atoms with Gasteiger partial charge in [-0.25, -0.2) is 4.39 Å². The molecule has 0 radical (unpaired) electrons. The third-order valence-electron chi connectivity index (χ3n) is 1.60. The van der Waals surface area contributed by atoms with Crippen LogP contribution in [0.5, 0.6) is 0 Å². The number of hydrogen-bond donors (Lipinski definition) is 1. The van der Waals surface area contributed by atoms with E-state index in [4.69, 9.17) is 11.0 Å². The number of hydrogen-bond acceptors (Lipinski definition) is 2. The Hall–Kier alpha value is -1.82. The first-order valence-corrected chi connectivity index (χ1v) is 3.76. The fourth-order valence-corrected chi connectivity index (χ4v) is 1.06. The molecule has 2 nitrogen and oxygen atoms in total. The molecule has 0 heterocycles. The number of aryl methyl sites for hydroxylation is 1. The van der Waals surface area contributed by atoms with Crippen molar-refractivity contribution >= 4 is 5.70 Å². The van der Waals surface area contributed by atoms with Crippen LogP contribution in [0, 0.1) is 24.1 Å². The largest absolute Gasteiger partial charge is 0.398 e. The van der Waals surface area contributed by atoms with Gasteiger partial charge in [-0.05, 0) is 30.7 Å². The van der Waals surface area contributed by atoms with Crippen molar-refractivity contribution in [2.24, 2.45) is 5.73 Å². The lowest BCUT2D eigenvalue weighted by Crippen LogP contribution is -1.97. The highest BCUT2D eigenvalue weighted by Gasteiger charge is 1.99. The van der Waals surface area contributed by atoms with Crippen LogP contribution in [0.3, 0.4) is 0 Å². The summed E-state index contributed by atoms with van der Waals surface area (Å²) in [6, 6.07) is 6.23. The van der Waals surface area contributed by atoms with E-state index < -0.39 is 0 Å². The fraction of sp³-hybridized carbons (Fsp3) is 0.100. The molecule has 66 valence electrons. The van der Waals surface area contributed by atoms with Crippen molar-refractivity contribution in [2.75, 3.05) is 0 Å². The summed E-state index contributed by atoms with van der Waals surface area (Å²) in [6.45, 7) is 1.77. The van der Waals surface area contributed by atoms with Gasteiger partial charge >= 0.3 is 0 Å². The van der Waals surface area contributed by atoms with Gasteiger partial charge in [0, 0.05) is 17.3 Å². The molecule has 0 aliphatic rings. The minimum absolute atomic E-state index is 0.283. The molecule has 0 aliphatic heterocycles. The summed E-state index contributed by atoms with van der Waals surface area (Å²) in [5, 5.41) is 8.34. The summed E-state index contributed by atoms with van der Waals surface area (Å²) in [4.78, 5) is 0. The predicted octanol–water partition coefficient (Wildman–Crippen LogP) is 1.96. The monoisotopic (exact) mass is 176 g/mol. The molecular weight excluding hydrogens is 167 g/mol. The number of nitrogens with zero attached hydrogens (tertiary/aromatic N) is 1. The second-order valence-corrected chi connectivity index (χ2v) is 2.75. The molecule has 1 rings (SSSR count). The first kappa shape index (κ1) is 9.27. The Morgan fingerprint density at radius 2 is 2.23 bits per heavy atom. The first-order valence-electron chi connectivity index (χ1n) is 3.76.